The summed E-state index contributed by atoms with van der Waals surface area (Å²) in [5.74, 6) is -1.10. The minimum atomic E-state index is -5.11. The second-order valence-corrected chi connectivity index (χ2v) is 17.0. The molecule has 1 rings (SSSR count). The van der Waals surface area contributed by atoms with Gasteiger partial charge in [-0.25, -0.2) is 4.57 Å². The van der Waals surface area contributed by atoms with Crippen LogP contribution in [0.2, 0.25) is 0 Å². The smallest absolute Gasteiger partial charge is 0.462 e. The summed E-state index contributed by atoms with van der Waals surface area (Å²) in [6, 6.07) is 0. The fourth-order valence-electron chi connectivity index (χ4n) is 6.75. The molecule has 0 aromatic heterocycles. The number of unbranched alkanes of at least 4 members (excludes halogenated alkanes) is 22. The van der Waals surface area contributed by atoms with Gasteiger partial charge in [-0.3, -0.25) is 18.6 Å². The van der Waals surface area contributed by atoms with Crippen LogP contribution in [0.25, 0.3) is 0 Å². The van der Waals surface area contributed by atoms with Crippen molar-refractivity contribution in [3.63, 3.8) is 0 Å². The predicted molar refractivity (Wildman–Crippen MR) is 217 cm³/mol. The molecule has 0 aromatic carbocycles. The monoisotopic (exact) mass is 823 g/mol. The standard InChI is InChI=1S/C42H79O13P/c1-3-5-7-9-11-13-15-17-19-21-23-25-27-29-31-36(44)54-34(33-53-56(50,51)55-42-40(48)38(46)37(45)39(47)41(42)49)32-52-35(43)30-28-26-24-22-20-18-16-14-12-10-8-6-4-2/h14,16,34,37-42,45-49H,3-13,15,17-33H2,1-2H3,(H,50,51)/b16-14-/t34-,37?,38-,39?,40?,41?,42?/m1/s1. The second-order valence-electron chi connectivity index (χ2n) is 15.6. The van der Waals surface area contributed by atoms with E-state index in [1.54, 1.807) is 0 Å². The highest BCUT2D eigenvalue weighted by Gasteiger charge is 2.51. The van der Waals surface area contributed by atoms with Gasteiger partial charge in [0.05, 0.1) is 6.61 Å². The number of allylic oxidation sites excluding steroid dienone is 2. The van der Waals surface area contributed by atoms with Crippen molar-refractivity contribution in [2.24, 2.45) is 0 Å². The zero-order valence-electron chi connectivity index (χ0n) is 34.7. The van der Waals surface area contributed by atoms with E-state index in [4.69, 9.17) is 18.5 Å². The van der Waals surface area contributed by atoms with Crippen LogP contribution in [-0.4, -0.2) is 98.3 Å². The van der Waals surface area contributed by atoms with Crippen LogP contribution in [0.1, 0.15) is 187 Å². The number of ether oxygens (including phenoxy) is 2. The van der Waals surface area contributed by atoms with Crippen molar-refractivity contribution in [1.29, 1.82) is 0 Å². The second kappa shape index (κ2) is 33.4. The van der Waals surface area contributed by atoms with Crippen molar-refractivity contribution >= 4 is 19.8 Å². The normalized spacial score (nSPS) is 22.9. The molecule has 56 heavy (non-hydrogen) atoms. The number of aliphatic hydroxyl groups excluding tert-OH is 5. The molecule has 13 nitrogen and oxygen atoms in total. The van der Waals surface area contributed by atoms with Gasteiger partial charge in [-0.15, -0.1) is 0 Å². The van der Waals surface area contributed by atoms with Gasteiger partial charge in [-0.1, -0.05) is 148 Å². The Kier molecular flexibility index (Phi) is 31.4. The van der Waals surface area contributed by atoms with Crippen LogP contribution in [0.15, 0.2) is 12.2 Å². The molecular formula is C42H79O13P. The molecule has 6 N–H and O–H groups in total. The third-order valence-electron chi connectivity index (χ3n) is 10.4. The first kappa shape index (κ1) is 52.6. The molecule has 0 amide bonds. The van der Waals surface area contributed by atoms with Crippen molar-refractivity contribution in [2.75, 3.05) is 13.2 Å². The minimum Gasteiger partial charge on any atom is -0.462 e. The lowest BCUT2D eigenvalue weighted by molar-refractivity contribution is -0.220. The molecule has 6 unspecified atom stereocenters. The SMILES string of the molecule is CCCCCC/C=C\CCCCCCCC(=O)OC[C@H](COP(=O)(O)OC1C(O)C(O)C(O)[C@@H](O)C1O)OC(=O)CCCCCCCCCCCCCCCC. The van der Waals surface area contributed by atoms with Crippen molar-refractivity contribution in [3.8, 4) is 0 Å². The van der Waals surface area contributed by atoms with Gasteiger partial charge in [0.25, 0.3) is 0 Å². The van der Waals surface area contributed by atoms with E-state index in [2.05, 4.69) is 26.0 Å². The van der Waals surface area contributed by atoms with Crippen LogP contribution in [0.5, 0.6) is 0 Å². The molecule has 0 radical (unpaired) electrons. The largest absolute Gasteiger partial charge is 0.472 e. The Labute approximate surface area is 337 Å². The summed E-state index contributed by atoms with van der Waals surface area (Å²) in [6.07, 6.45) is 19.8. The van der Waals surface area contributed by atoms with E-state index in [9.17, 15) is 44.6 Å². The Hall–Kier alpha value is -1.41. The number of phosphoric acid groups is 1. The Balaban J connectivity index is 2.49. The van der Waals surface area contributed by atoms with Crippen molar-refractivity contribution in [1.82, 2.24) is 0 Å². The zero-order valence-corrected chi connectivity index (χ0v) is 35.6. The van der Waals surface area contributed by atoms with Crippen molar-refractivity contribution in [3.05, 3.63) is 12.2 Å². The van der Waals surface area contributed by atoms with Gasteiger partial charge in [0.15, 0.2) is 6.10 Å². The number of carbonyl (C=O) groups excluding carboxylic acids is 2. The lowest BCUT2D eigenvalue weighted by Crippen LogP contribution is -2.64. The number of rotatable bonds is 36. The Bertz CT molecular complexity index is 1040. The molecule has 0 aromatic rings. The van der Waals surface area contributed by atoms with Gasteiger partial charge >= 0.3 is 19.8 Å². The topological polar surface area (TPSA) is 210 Å². The summed E-state index contributed by atoms with van der Waals surface area (Å²) < 4.78 is 33.4. The number of hydrogen-bond donors (Lipinski definition) is 6. The average molecular weight is 823 g/mol. The van der Waals surface area contributed by atoms with Crippen LogP contribution in [-0.2, 0) is 32.7 Å². The lowest BCUT2D eigenvalue weighted by Gasteiger charge is -2.41. The van der Waals surface area contributed by atoms with Crippen LogP contribution in [0, 0.1) is 0 Å². The van der Waals surface area contributed by atoms with Gasteiger partial charge in [-0.2, -0.15) is 0 Å². The maximum absolute atomic E-state index is 12.8. The van der Waals surface area contributed by atoms with E-state index in [1.165, 1.54) is 89.9 Å². The molecule has 8 atom stereocenters. The van der Waals surface area contributed by atoms with E-state index in [1.807, 2.05) is 0 Å². The fraction of sp³-hybridized carbons (Fsp3) is 0.905. The number of phosphoric ester groups is 1. The van der Waals surface area contributed by atoms with Crippen LogP contribution in [0.3, 0.4) is 0 Å². The molecule has 330 valence electrons. The summed E-state index contributed by atoms with van der Waals surface area (Å²) in [5.41, 5.74) is 0. The molecule has 1 aliphatic carbocycles. The third-order valence-corrected chi connectivity index (χ3v) is 11.3. The molecule has 0 aliphatic heterocycles. The first-order valence-corrected chi connectivity index (χ1v) is 23.5. The van der Waals surface area contributed by atoms with Gasteiger partial charge in [0.1, 0.15) is 43.2 Å². The molecule has 0 saturated heterocycles. The number of carbonyl (C=O) groups is 2. The Morgan fingerprint density at radius 3 is 1.38 bits per heavy atom. The maximum atomic E-state index is 12.8. The molecule has 1 saturated carbocycles. The van der Waals surface area contributed by atoms with Crippen LogP contribution >= 0.6 is 7.82 Å². The summed E-state index contributed by atoms with van der Waals surface area (Å²) in [7, 11) is -5.11. The van der Waals surface area contributed by atoms with Gasteiger partial charge < -0.3 is 39.9 Å². The summed E-state index contributed by atoms with van der Waals surface area (Å²) in [4.78, 5) is 35.6. The Morgan fingerprint density at radius 2 is 0.911 bits per heavy atom. The fourth-order valence-corrected chi connectivity index (χ4v) is 7.73. The quantitative estimate of drug-likeness (QED) is 0.0154. The maximum Gasteiger partial charge on any atom is 0.472 e. The van der Waals surface area contributed by atoms with E-state index in [-0.39, 0.29) is 12.8 Å². The average Bonchev–Trinajstić information content (AvgIpc) is 3.18. The highest BCUT2D eigenvalue weighted by molar-refractivity contribution is 7.47. The number of hydrogen-bond acceptors (Lipinski definition) is 12. The highest BCUT2D eigenvalue weighted by atomic mass is 31.2. The molecule has 0 spiro atoms. The van der Waals surface area contributed by atoms with E-state index in [0.717, 1.165) is 57.8 Å². The zero-order chi connectivity index (χ0) is 41.4. The predicted octanol–water partition coefficient (Wildman–Crippen LogP) is 7.89. The van der Waals surface area contributed by atoms with Gasteiger partial charge in [-0.05, 0) is 38.5 Å². The van der Waals surface area contributed by atoms with E-state index in [0.29, 0.717) is 12.8 Å². The van der Waals surface area contributed by atoms with Crippen molar-refractivity contribution < 1.29 is 63.1 Å². The first-order chi connectivity index (χ1) is 26.9. The molecular weight excluding hydrogens is 743 g/mol. The number of esters is 2. The molecule has 0 heterocycles. The van der Waals surface area contributed by atoms with Gasteiger partial charge in [0, 0.05) is 12.8 Å². The molecule has 1 aliphatic rings. The highest BCUT2D eigenvalue weighted by Crippen LogP contribution is 2.47. The summed E-state index contributed by atoms with van der Waals surface area (Å²) >= 11 is 0. The molecule has 0 bridgehead atoms. The van der Waals surface area contributed by atoms with Crippen LogP contribution in [0.4, 0.5) is 0 Å². The lowest BCUT2D eigenvalue weighted by atomic mass is 9.85. The first-order valence-electron chi connectivity index (χ1n) is 22.0. The van der Waals surface area contributed by atoms with E-state index >= 15 is 0 Å². The van der Waals surface area contributed by atoms with Crippen LogP contribution < -0.4 is 0 Å². The minimum absolute atomic E-state index is 0.100. The number of aliphatic hydroxyl groups is 5. The summed E-state index contributed by atoms with van der Waals surface area (Å²) in [5, 5.41) is 50.0. The molecule has 14 heteroatoms. The van der Waals surface area contributed by atoms with Crippen molar-refractivity contribution in [2.45, 2.75) is 230 Å². The Morgan fingerprint density at radius 1 is 0.536 bits per heavy atom. The summed E-state index contributed by atoms with van der Waals surface area (Å²) in [6.45, 7) is 3.27. The van der Waals surface area contributed by atoms with Gasteiger partial charge in [0.2, 0.25) is 0 Å². The molecule has 1 fully saturated rings. The van der Waals surface area contributed by atoms with E-state index < -0.39 is 75.7 Å². The third kappa shape index (κ3) is 25.8.